The number of piperidine rings is 1. The van der Waals surface area contributed by atoms with Gasteiger partial charge in [-0.2, -0.15) is 4.98 Å². The molecule has 0 aromatic carbocycles. The predicted molar refractivity (Wildman–Crippen MR) is 114 cm³/mol. The molecule has 0 aliphatic carbocycles. The number of aryl methyl sites for hydroxylation is 1. The largest absolute Gasteiger partial charge is 0.382 e. The van der Waals surface area contributed by atoms with Gasteiger partial charge in [-0.3, -0.25) is 14.3 Å². The minimum atomic E-state index is -0.143. The smallest absolute Gasteiger partial charge is 0.270 e. The third-order valence-corrected chi connectivity index (χ3v) is 7.55. The SMILES string of the molecule is Cc1ncccc1Sc1c(N)nc(N2CCC3(CC2)CO[C@@H](C)[C@H]3N)n(C)c1=O. The molecule has 8 nitrogen and oxygen atoms in total. The Morgan fingerprint density at radius 1 is 1.34 bits per heavy atom. The topological polar surface area (TPSA) is 112 Å². The Kier molecular flexibility index (Phi) is 5.30. The highest BCUT2D eigenvalue weighted by molar-refractivity contribution is 7.99. The van der Waals surface area contributed by atoms with Crippen LogP contribution in [0.1, 0.15) is 25.5 Å². The van der Waals surface area contributed by atoms with E-state index in [9.17, 15) is 4.79 Å². The fourth-order valence-corrected chi connectivity index (χ4v) is 5.22. The van der Waals surface area contributed by atoms with Crippen LogP contribution in [0.5, 0.6) is 0 Å². The van der Waals surface area contributed by atoms with E-state index in [0.717, 1.165) is 36.5 Å². The van der Waals surface area contributed by atoms with Gasteiger partial charge in [-0.1, -0.05) is 11.8 Å². The van der Waals surface area contributed by atoms with Crippen LogP contribution in [0.15, 0.2) is 32.9 Å². The Bertz CT molecular complexity index is 970. The molecule has 4 N–H and O–H groups in total. The van der Waals surface area contributed by atoms with Gasteiger partial charge in [-0.25, -0.2) is 0 Å². The third kappa shape index (κ3) is 3.51. The molecule has 2 atom stereocenters. The number of pyridine rings is 1. The number of rotatable bonds is 3. The number of nitrogens with two attached hydrogens (primary N) is 2. The van der Waals surface area contributed by atoms with Gasteiger partial charge in [-0.15, -0.1) is 0 Å². The van der Waals surface area contributed by atoms with Gasteiger partial charge in [0, 0.05) is 42.7 Å². The molecule has 156 valence electrons. The van der Waals surface area contributed by atoms with Gasteiger partial charge in [0.15, 0.2) is 0 Å². The number of ether oxygens (including phenoxy) is 1. The van der Waals surface area contributed by atoms with Crippen LogP contribution >= 0.6 is 11.8 Å². The number of hydrogen-bond acceptors (Lipinski definition) is 8. The molecule has 2 aliphatic heterocycles. The molecule has 2 fully saturated rings. The molecule has 9 heteroatoms. The van der Waals surface area contributed by atoms with Crippen molar-refractivity contribution in [2.45, 2.75) is 48.6 Å². The lowest BCUT2D eigenvalue weighted by atomic mass is 9.73. The number of aromatic nitrogens is 3. The van der Waals surface area contributed by atoms with E-state index in [4.69, 9.17) is 16.2 Å². The molecular weight excluding hydrogens is 388 g/mol. The van der Waals surface area contributed by atoms with Gasteiger partial charge in [0.2, 0.25) is 5.95 Å². The van der Waals surface area contributed by atoms with Gasteiger partial charge in [0.05, 0.1) is 18.4 Å². The predicted octanol–water partition coefficient (Wildman–Crippen LogP) is 1.55. The Balaban J connectivity index is 1.57. The van der Waals surface area contributed by atoms with Crippen molar-refractivity contribution in [3.8, 4) is 0 Å². The summed E-state index contributed by atoms with van der Waals surface area (Å²) in [6.45, 7) is 6.21. The second-order valence-corrected chi connectivity index (χ2v) is 9.12. The summed E-state index contributed by atoms with van der Waals surface area (Å²) in [5.41, 5.74) is 13.4. The van der Waals surface area contributed by atoms with Crippen LogP contribution in [-0.2, 0) is 11.8 Å². The number of nitrogens with zero attached hydrogens (tertiary/aromatic N) is 4. The standard InChI is InChI=1S/C20H28N6O2S/c1-12-14(5-4-8-23-12)29-15-17(22)24-19(25(3)18(15)27)26-9-6-20(7-10-26)11-28-13(2)16(20)21/h4-5,8,13,16H,6-7,9-11,21-22H2,1-3H3/t13-,16+/m0/s1. The van der Waals surface area contributed by atoms with Crippen LogP contribution in [0.2, 0.25) is 0 Å². The van der Waals surface area contributed by atoms with Crippen molar-refractivity contribution in [1.29, 1.82) is 0 Å². The summed E-state index contributed by atoms with van der Waals surface area (Å²) in [4.78, 5) is 25.4. The Morgan fingerprint density at radius 2 is 2.07 bits per heavy atom. The number of nitrogen functional groups attached to an aromatic ring is 1. The summed E-state index contributed by atoms with van der Waals surface area (Å²) in [6.07, 6.45) is 3.65. The highest BCUT2D eigenvalue weighted by Crippen LogP contribution is 2.42. The van der Waals surface area contributed by atoms with E-state index in [1.165, 1.54) is 11.8 Å². The summed E-state index contributed by atoms with van der Waals surface area (Å²) < 4.78 is 7.39. The maximum atomic E-state index is 13.0. The van der Waals surface area contributed by atoms with E-state index >= 15 is 0 Å². The number of anilines is 2. The monoisotopic (exact) mass is 416 g/mol. The van der Waals surface area contributed by atoms with Crippen LogP contribution in [0, 0.1) is 12.3 Å². The first-order chi connectivity index (χ1) is 13.8. The lowest BCUT2D eigenvalue weighted by Crippen LogP contribution is -2.51. The molecular formula is C20H28N6O2S. The molecule has 2 aromatic rings. The van der Waals surface area contributed by atoms with Crippen molar-refractivity contribution in [1.82, 2.24) is 14.5 Å². The molecule has 29 heavy (non-hydrogen) atoms. The molecule has 0 unspecified atom stereocenters. The maximum absolute atomic E-state index is 13.0. The Hall–Kier alpha value is -2.10. The molecule has 0 radical (unpaired) electrons. The van der Waals surface area contributed by atoms with Gasteiger partial charge in [0.1, 0.15) is 10.7 Å². The lowest BCUT2D eigenvalue weighted by Gasteiger charge is -2.41. The van der Waals surface area contributed by atoms with Crippen molar-refractivity contribution < 1.29 is 4.74 Å². The average molecular weight is 417 g/mol. The van der Waals surface area contributed by atoms with E-state index in [0.29, 0.717) is 17.5 Å². The zero-order valence-corrected chi connectivity index (χ0v) is 17.9. The Morgan fingerprint density at radius 3 is 2.69 bits per heavy atom. The van der Waals surface area contributed by atoms with E-state index in [-0.39, 0.29) is 28.9 Å². The van der Waals surface area contributed by atoms with Crippen molar-refractivity contribution in [3.63, 3.8) is 0 Å². The summed E-state index contributed by atoms with van der Waals surface area (Å²) >= 11 is 1.32. The molecule has 2 saturated heterocycles. The zero-order valence-electron chi connectivity index (χ0n) is 17.1. The highest BCUT2D eigenvalue weighted by Gasteiger charge is 2.47. The molecule has 2 aromatic heterocycles. The van der Waals surface area contributed by atoms with Crippen LogP contribution in [0.4, 0.5) is 11.8 Å². The molecule has 0 saturated carbocycles. The third-order valence-electron chi connectivity index (χ3n) is 6.31. The second-order valence-electron chi connectivity index (χ2n) is 8.07. The summed E-state index contributed by atoms with van der Waals surface area (Å²) in [5, 5.41) is 0. The van der Waals surface area contributed by atoms with Crippen molar-refractivity contribution in [2.24, 2.45) is 18.2 Å². The fraction of sp³-hybridized carbons (Fsp3) is 0.550. The van der Waals surface area contributed by atoms with E-state index in [1.807, 2.05) is 26.0 Å². The van der Waals surface area contributed by atoms with Crippen molar-refractivity contribution in [3.05, 3.63) is 34.4 Å². The van der Waals surface area contributed by atoms with Crippen LogP contribution in [0.25, 0.3) is 0 Å². The van der Waals surface area contributed by atoms with E-state index < -0.39 is 0 Å². The summed E-state index contributed by atoms with van der Waals surface area (Å²) in [5.74, 6) is 0.862. The lowest BCUT2D eigenvalue weighted by molar-refractivity contribution is 0.0973. The van der Waals surface area contributed by atoms with Gasteiger partial charge >= 0.3 is 0 Å². The van der Waals surface area contributed by atoms with Gasteiger partial charge < -0.3 is 21.1 Å². The quantitative estimate of drug-likeness (QED) is 0.775. The molecule has 0 bridgehead atoms. The number of hydrogen-bond donors (Lipinski definition) is 2. The fourth-order valence-electron chi connectivity index (χ4n) is 4.28. The van der Waals surface area contributed by atoms with Crippen LogP contribution in [0.3, 0.4) is 0 Å². The average Bonchev–Trinajstić information content (AvgIpc) is 2.99. The van der Waals surface area contributed by atoms with Crippen LogP contribution < -0.4 is 21.9 Å². The normalized spacial score (nSPS) is 23.7. The first kappa shape index (κ1) is 20.2. The molecule has 0 amide bonds. The molecule has 4 heterocycles. The van der Waals surface area contributed by atoms with E-state index in [2.05, 4.69) is 14.9 Å². The maximum Gasteiger partial charge on any atom is 0.270 e. The van der Waals surface area contributed by atoms with Crippen LogP contribution in [-0.4, -0.2) is 46.4 Å². The minimum Gasteiger partial charge on any atom is -0.382 e. The first-order valence-corrected chi connectivity index (χ1v) is 10.7. The van der Waals surface area contributed by atoms with Gasteiger partial charge in [0.25, 0.3) is 5.56 Å². The Labute approximate surface area is 174 Å². The molecule has 1 spiro atoms. The van der Waals surface area contributed by atoms with E-state index in [1.54, 1.807) is 17.8 Å². The zero-order chi connectivity index (χ0) is 20.8. The van der Waals surface area contributed by atoms with Gasteiger partial charge in [-0.05, 0) is 38.8 Å². The molecule has 4 rings (SSSR count). The summed E-state index contributed by atoms with van der Waals surface area (Å²) in [6, 6.07) is 3.82. The summed E-state index contributed by atoms with van der Waals surface area (Å²) in [7, 11) is 1.75. The highest BCUT2D eigenvalue weighted by atomic mass is 32.2. The first-order valence-electron chi connectivity index (χ1n) is 9.90. The van der Waals surface area contributed by atoms with Crippen molar-refractivity contribution >= 4 is 23.5 Å². The minimum absolute atomic E-state index is 0.0218. The second kappa shape index (κ2) is 7.62. The molecule has 2 aliphatic rings. The van der Waals surface area contributed by atoms with Crippen molar-refractivity contribution in [2.75, 3.05) is 30.3 Å².